The van der Waals surface area contributed by atoms with Gasteiger partial charge in [-0.2, -0.15) is 0 Å². The molecule has 0 saturated carbocycles. The number of carbonyl (C=O) groups excluding carboxylic acids is 1. The van der Waals surface area contributed by atoms with Gasteiger partial charge in [0.2, 0.25) is 0 Å². The van der Waals surface area contributed by atoms with Gasteiger partial charge in [-0.15, -0.1) is 12.4 Å². The fraction of sp³-hybridized carbons (Fsp3) is 0.231. The minimum atomic E-state index is -0.686. The van der Waals surface area contributed by atoms with Crippen molar-refractivity contribution in [2.24, 2.45) is 5.73 Å². The second-order valence-electron chi connectivity index (χ2n) is 7.90. The van der Waals surface area contributed by atoms with E-state index in [0.29, 0.717) is 31.7 Å². The van der Waals surface area contributed by atoms with Gasteiger partial charge in [0.1, 0.15) is 17.6 Å². The molecule has 1 amide bonds. The number of hydrogen-bond donors (Lipinski definition) is 3. The SMILES string of the molecule is Cl.N=C(N)NCCC(CC1Oc2ccccc2N(Cc2ccccc2)C1=O)Oc1ccccc1. The largest absolute Gasteiger partial charge is 0.490 e. The lowest BCUT2D eigenvalue weighted by molar-refractivity contribution is -0.127. The summed E-state index contributed by atoms with van der Waals surface area (Å²) >= 11 is 0. The molecule has 2 unspecified atom stereocenters. The Morgan fingerprint density at radius 1 is 1.03 bits per heavy atom. The quantitative estimate of drug-likeness (QED) is 0.316. The number of guanidine groups is 1. The van der Waals surface area contributed by atoms with Crippen LogP contribution in [0.1, 0.15) is 18.4 Å². The van der Waals surface area contributed by atoms with E-state index in [2.05, 4.69) is 5.32 Å². The number of hydrogen-bond acceptors (Lipinski definition) is 4. The van der Waals surface area contributed by atoms with E-state index < -0.39 is 6.10 Å². The number of fused-ring (bicyclic) bond motifs is 1. The molecule has 34 heavy (non-hydrogen) atoms. The molecule has 0 fully saturated rings. The summed E-state index contributed by atoms with van der Waals surface area (Å²) in [7, 11) is 0. The Morgan fingerprint density at radius 3 is 2.38 bits per heavy atom. The summed E-state index contributed by atoms with van der Waals surface area (Å²) in [4.78, 5) is 15.3. The molecule has 4 N–H and O–H groups in total. The zero-order valence-electron chi connectivity index (χ0n) is 18.7. The van der Waals surface area contributed by atoms with Crippen LogP contribution in [0.25, 0.3) is 0 Å². The van der Waals surface area contributed by atoms with Crippen molar-refractivity contribution in [2.45, 2.75) is 31.6 Å². The lowest BCUT2D eigenvalue weighted by atomic mass is 10.0. The molecule has 4 rings (SSSR count). The van der Waals surface area contributed by atoms with E-state index in [4.69, 9.17) is 20.6 Å². The van der Waals surface area contributed by atoms with Gasteiger partial charge in [-0.3, -0.25) is 10.2 Å². The van der Waals surface area contributed by atoms with Crippen LogP contribution in [-0.2, 0) is 11.3 Å². The van der Waals surface area contributed by atoms with Crippen LogP contribution in [0.2, 0.25) is 0 Å². The molecule has 0 bridgehead atoms. The highest BCUT2D eigenvalue weighted by Crippen LogP contribution is 2.36. The molecule has 7 nitrogen and oxygen atoms in total. The Balaban J connectivity index is 0.00000324. The molecule has 0 aliphatic carbocycles. The van der Waals surface area contributed by atoms with Crippen molar-refractivity contribution in [3.63, 3.8) is 0 Å². The first-order valence-corrected chi connectivity index (χ1v) is 11.0. The number of carbonyl (C=O) groups is 1. The maximum Gasteiger partial charge on any atom is 0.268 e. The highest BCUT2D eigenvalue weighted by atomic mass is 35.5. The van der Waals surface area contributed by atoms with Crippen LogP contribution in [0.15, 0.2) is 84.9 Å². The second-order valence-corrected chi connectivity index (χ2v) is 7.90. The Labute approximate surface area is 205 Å². The summed E-state index contributed by atoms with van der Waals surface area (Å²) < 4.78 is 12.3. The van der Waals surface area contributed by atoms with E-state index in [0.717, 1.165) is 17.0 Å². The lowest BCUT2D eigenvalue weighted by Crippen LogP contribution is -2.47. The number of nitrogens with one attached hydrogen (secondary N) is 2. The molecule has 178 valence electrons. The van der Waals surface area contributed by atoms with Gasteiger partial charge in [0.05, 0.1) is 12.2 Å². The third-order valence-corrected chi connectivity index (χ3v) is 5.45. The van der Waals surface area contributed by atoms with Gasteiger partial charge in [0.15, 0.2) is 12.1 Å². The molecule has 1 heterocycles. The van der Waals surface area contributed by atoms with E-state index in [9.17, 15) is 4.79 Å². The summed E-state index contributed by atoms with van der Waals surface area (Å²) in [5, 5.41) is 10.2. The molecule has 1 aliphatic heterocycles. The third kappa shape index (κ3) is 6.42. The Hall–Kier alpha value is -3.71. The maximum atomic E-state index is 13.5. The average molecular weight is 481 g/mol. The monoisotopic (exact) mass is 480 g/mol. The number of rotatable bonds is 9. The van der Waals surface area contributed by atoms with Crippen LogP contribution in [-0.4, -0.2) is 30.6 Å². The van der Waals surface area contributed by atoms with Gasteiger partial charge in [-0.1, -0.05) is 60.7 Å². The maximum absolute atomic E-state index is 13.5. The van der Waals surface area contributed by atoms with E-state index in [1.165, 1.54) is 0 Å². The second kappa shape index (κ2) is 12.0. The first kappa shape index (κ1) is 24.9. The number of halogens is 1. The fourth-order valence-electron chi connectivity index (χ4n) is 3.88. The van der Waals surface area contributed by atoms with Crippen LogP contribution in [0.4, 0.5) is 5.69 Å². The van der Waals surface area contributed by atoms with Crippen molar-refractivity contribution >= 4 is 30.0 Å². The molecule has 3 aromatic rings. The molecule has 0 saturated heterocycles. The first-order chi connectivity index (χ1) is 16.1. The van der Waals surface area contributed by atoms with Crippen LogP contribution in [0, 0.1) is 5.41 Å². The molecular weight excluding hydrogens is 452 g/mol. The minimum absolute atomic E-state index is 0. The number of para-hydroxylation sites is 3. The molecule has 8 heteroatoms. The van der Waals surface area contributed by atoms with Crippen molar-refractivity contribution < 1.29 is 14.3 Å². The summed E-state index contributed by atoms with van der Waals surface area (Å²) in [5.41, 5.74) is 7.24. The predicted octanol–water partition coefficient (Wildman–Crippen LogP) is 4.11. The molecule has 3 aromatic carbocycles. The molecule has 2 atom stereocenters. The Bertz CT molecular complexity index is 1080. The zero-order valence-corrected chi connectivity index (χ0v) is 19.5. The molecule has 0 radical (unpaired) electrons. The number of benzene rings is 3. The Morgan fingerprint density at radius 2 is 1.68 bits per heavy atom. The standard InChI is InChI=1S/C26H28N4O3.ClH/c27-26(28)29-16-15-21(32-20-11-5-2-6-12-20)17-24-25(31)30(18-19-9-3-1-4-10-19)22-13-7-8-14-23(22)33-24;/h1-14,21,24H,15-18H2,(H4,27,28,29);1H. The lowest BCUT2D eigenvalue weighted by Gasteiger charge is -2.35. The predicted molar refractivity (Wildman–Crippen MR) is 136 cm³/mol. The van der Waals surface area contributed by atoms with Crippen molar-refractivity contribution in [3.05, 3.63) is 90.5 Å². The summed E-state index contributed by atoms with van der Waals surface area (Å²) in [6.07, 6.45) is -0.0683. The van der Waals surface area contributed by atoms with Crippen molar-refractivity contribution in [2.75, 3.05) is 11.4 Å². The average Bonchev–Trinajstić information content (AvgIpc) is 2.83. The van der Waals surface area contributed by atoms with Crippen LogP contribution in [0.3, 0.4) is 0 Å². The van der Waals surface area contributed by atoms with Crippen LogP contribution >= 0.6 is 12.4 Å². The molecular formula is C26H29ClN4O3. The fourth-order valence-corrected chi connectivity index (χ4v) is 3.88. The highest BCUT2D eigenvalue weighted by Gasteiger charge is 2.36. The van der Waals surface area contributed by atoms with Gasteiger partial charge >= 0.3 is 0 Å². The van der Waals surface area contributed by atoms with E-state index in [-0.39, 0.29) is 30.4 Å². The van der Waals surface area contributed by atoms with Gasteiger partial charge in [-0.05, 0) is 29.8 Å². The number of ether oxygens (including phenoxy) is 2. The zero-order chi connectivity index (χ0) is 23.0. The summed E-state index contributed by atoms with van der Waals surface area (Å²) in [6.45, 7) is 0.921. The summed E-state index contributed by atoms with van der Waals surface area (Å²) in [6, 6.07) is 27.0. The molecule has 0 spiro atoms. The van der Waals surface area contributed by atoms with E-state index >= 15 is 0 Å². The number of nitrogens with zero attached hydrogens (tertiary/aromatic N) is 1. The smallest absolute Gasteiger partial charge is 0.268 e. The normalized spacial score (nSPS) is 15.4. The van der Waals surface area contributed by atoms with Crippen molar-refractivity contribution in [1.29, 1.82) is 5.41 Å². The third-order valence-electron chi connectivity index (χ3n) is 5.45. The van der Waals surface area contributed by atoms with Gasteiger partial charge in [-0.25, -0.2) is 0 Å². The molecule has 0 aromatic heterocycles. The van der Waals surface area contributed by atoms with Crippen LogP contribution < -0.4 is 25.4 Å². The van der Waals surface area contributed by atoms with E-state index in [1.807, 2.05) is 84.9 Å². The Kier molecular flexibility index (Phi) is 8.76. The summed E-state index contributed by atoms with van der Waals surface area (Å²) in [5.74, 6) is 1.20. The van der Waals surface area contributed by atoms with Gasteiger partial charge in [0, 0.05) is 19.4 Å². The first-order valence-electron chi connectivity index (χ1n) is 11.0. The minimum Gasteiger partial charge on any atom is -0.490 e. The topological polar surface area (TPSA) is 101 Å². The number of anilines is 1. The molecule has 1 aliphatic rings. The van der Waals surface area contributed by atoms with E-state index in [1.54, 1.807) is 4.90 Å². The number of nitrogens with two attached hydrogens (primary N) is 1. The van der Waals surface area contributed by atoms with Gasteiger partial charge < -0.3 is 25.4 Å². The van der Waals surface area contributed by atoms with Gasteiger partial charge in [0.25, 0.3) is 5.91 Å². The van der Waals surface area contributed by atoms with Crippen molar-refractivity contribution in [3.8, 4) is 11.5 Å². The van der Waals surface area contributed by atoms with Crippen LogP contribution in [0.5, 0.6) is 11.5 Å². The highest BCUT2D eigenvalue weighted by molar-refractivity contribution is 6.00. The number of amides is 1. The van der Waals surface area contributed by atoms with Crippen molar-refractivity contribution in [1.82, 2.24) is 5.32 Å².